The molecule has 0 aliphatic carbocycles. The highest BCUT2D eigenvalue weighted by atomic mass is 35.5. The first kappa shape index (κ1) is 24.7. The Labute approximate surface area is 214 Å². The first-order chi connectivity index (χ1) is 16.7. The number of halogens is 1. The zero-order valence-electron chi connectivity index (χ0n) is 19.8. The molecule has 4 aromatic carbocycles. The normalized spacial score (nSPS) is 13.8. The van der Waals surface area contributed by atoms with E-state index in [9.17, 15) is 4.79 Å². The Hall–Kier alpha value is -3.40. The van der Waals surface area contributed by atoms with Crippen molar-refractivity contribution in [2.75, 3.05) is 13.1 Å². The standard InChI is InChI=1S/C31H30N2O.ClH/c32-22-23-6-4-9-28(20-23)27-16-18-33(19-17-27)31(34)30-11-5-10-29(21-30)26-14-12-25(13-15-26)24-7-2-1-3-8-24;/h1-15,20-21,27H,16-19,22,32H2;1H. The summed E-state index contributed by atoms with van der Waals surface area (Å²) < 4.78 is 0. The minimum absolute atomic E-state index is 0. The van der Waals surface area contributed by atoms with Crippen LogP contribution in [-0.2, 0) is 6.54 Å². The van der Waals surface area contributed by atoms with Gasteiger partial charge in [0.25, 0.3) is 5.91 Å². The number of likely N-dealkylation sites (tertiary alicyclic amines) is 1. The van der Waals surface area contributed by atoms with Gasteiger partial charge in [-0.25, -0.2) is 0 Å². The van der Waals surface area contributed by atoms with Crippen LogP contribution in [0, 0.1) is 0 Å². The Balaban J connectivity index is 0.00000289. The molecule has 0 atom stereocenters. The monoisotopic (exact) mass is 482 g/mol. The Morgan fingerprint density at radius 3 is 2.00 bits per heavy atom. The summed E-state index contributed by atoms with van der Waals surface area (Å²) in [5, 5.41) is 0. The van der Waals surface area contributed by atoms with Crippen molar-refractivity contribution >= 4 is 18.3 Å². The zero-order chi connectivity index (χ0) is 23.3. The molecule has 178 valence electrons. The van der Waals surface area contributed by atoms with Crippen LogP contribution in [0.25, 0.3) is 22.3 Å². The van der Waals surface area contributed by atoms with E-state index in [1.165, 1.54) is 22.3 Å². The molecule has 0 aromatic heterocycles. The maximum absolute atomic E-state index is 13.3. The molecule has 1 aliphatic rings. The van der Waals surface area contributed by atoms with Gasteiger partial charge in [0.2, 0.25) is 0 Å². The van der Waals surface area contributed by atoms with Gasteiger partial charge in [0.05, 0.1) is 0 Å². The van der Waals surface area contributed by atoms with Crippen molar-refractivity contribution < 1.29 is 4.79 Å². The SMILES string of the molecule is Cl.NCc1cccc(C2CCN(C(=O)c3cccc(-c4ccc(-c5ccccc5)cc4)c3)CC2)c1. The third-order valence-electron chi connectivity index (χ3n) is 6.88. The molecule has 3 nitrogen and oxygen atoms in total. The molecule has 0 radical (unpaired) electrons. The summed E-state index contributed by atoms with van der Waals surface area (Å²) in [5.41, 5.74) is 13.7. The van der Waals surface area contributed by atoms with E-state index in [0.29, 0.717) is 12.5 Å². The summed E-state index contributed by atoms with van der Waals surface area (Å²) in [6.45, 7) is 2.13. The van der Waals surface area contributed by atoms with Crippen LogP contribution in [0.2, 0.25) is 0 Å². The highest BCUT2D eigenvalue weighted by Gasteiger charge is 2.25. The third kappa shape index (κ3) is 5.64. The molecule has 0 bridgehead atoms. The molecular formula is C31H31ClN2O. The summed E-state index contributed by atoms with van der Waals surface area (Å²) in [7, 11) is 0. The first-order valence-corrected chi connectivity index (χ1v) is 12.1. The van der Waals surface area contributed by atoms with Crippen LogP contribution >= 0.6 is 12.4 Å². The molecule has 1 fully saturated rings. The van der Waals surface area contributed by atoms with Crippen LogP contribution in [0.15, 0.2) is 103 Å². The van der Waals surface area contributed by atoms with Gasteiger partial charge in [-0.3, -0.25) is 4.79 Å². The van der Waals surface area contributed by atoms with Crippen molar-refractivity contribution in [3.63, 3.8) is 0 Å². The lowest BCUT2D eigenvalue weighted by Gasteiger charge is -2.32. The fourth-order valence-electron chi connectivity index (χ4n) is 4.89. The van der Waals surface area contributed by atoms with E-state index >= 15 is 0 Å². The second-order valence-corrected chi connectivity index (χ2v) is 9.04. The number of piperidine rings is 1. The maximum atomic E-state index is 13.3. The second kappa shape index (κ2) is 11.4. The molecule has 0 spiro atoms. The number of amides is 1. The average Bonchev–Trinajstić information content (AvgIpc) is 2.93. The maximum Gasteiger partial charge on any atom is 0.253 e. The number of hydrogen-bond donors (Lipinski definition) is 1. The number of rotatable bonds is 5. The largest absolute Gasteiger partial charge is 0.339 e. The van der Waals surface area contributed by atoms with Gasteiger partial charge in [-0.15, -0.1) is 12.4 Å². The first-order valence-electron chi connectivity index (χ1n) is 12.1. The van der Waals surface area contributed by atoms with E-state index in [1.54, 1.807) is 0 Å². The molecule has 4 aromatic rings. The van der Waals surface area contributed by atoms with Gasteiger partial charge >= 0.3 is 0 Å². The van der Waals surface area contributed by atoms with Gasteiger partial charge in [0.1, 0.15) is 0 Å². The van der Waals surface area contributed by atoms with Crippen LogP contribution in [-0.4, -0.2) is 23.9 Å². The quantitative estimate of drug-likeness (QED) is 0.335. The molecule has 2 N–H and O–H groups in total. The number of carbonyl (C=O) groups is 1. The van der Waals surface area contributed by atoms with Gasteiger partial charge < -0.3 is 10.6 Å². The van der Waals surface area contributed by atoms with E-state index in [2.05, 4.69) is 78.9 Å². The van der Waals surface area contributed by atoms with Crippen LogP contribution in [0.5, 0.6) is 0 Å². The summed E-state index contributed by atoms with van der Waals surface area (Å²) in [5.74, 6) is 0.613. The van der Waals surface area contributed by atoms with E-state index < -0.39 is 0 Å². The van der Waals surface area contributed by atoms with Crippen molar-refractivity contribution in [2.45, 2.75) is 25.3 Å². The lowest BCUT2D eigenvalue weighted by atomic mass is 9.88. The predicted molar refractivity (Wildman–Crippen MR) is 147 cm³/mol. The zero-order valence-corrected chi connectivity index (χ0v) is 20.6. The summed E-state index contributed by atoms with van der Waals surface area (Å²) in [4.78, 5) is 15.3. The van der Waals surface area contributed by atoms with Crippen molar-refractivity contribution in [2.24, 2.45) is 5.73 Å². The topological polar surface area (TPSA) is 46.3 Å². The summed E-state index contributed by atoms with van der Waals surface area (Å²) in [6, 6.07) is 35.5. The molecule has 1 saturated heterocycles. The number of nitrogens with two attached hydrogens (primary N) is 1. The summed E-state index contributed by atoms with van der Waals surface area (Å²) >= 11 is 0. The van der Waals surface area contributed by atoms with E-state index in [0.717, 1.165) is 42.6 Å². The Kier molecular flexibility index (Phi) is 8.02. The number of hydrogen-bond acceptors (Lipinski definition) is 2. The van der Waals surface area contributed by atoms with Crippen LogP contribution in [0.4, 0.5) is 0 Å². The molecular weight excluding hydrogens is 452 g/mol. The lowest BCUT2D eigenvalue weighted by molar-refractivity contribution is 0.0713. The van der Waals surface area contributed by atoms with Gasteiger partial charge in [0.15, 0.2) is 0 Å². The molecule has 1 amide bonds. The smallest absolute Gasteiger partial charge is 0.253 e. The number of nitrogens with zero attached hydrogens (tertiary/aromatic N) is 1. The molecule has 0 saturated carbocycles. The molecule has 1 aliphatic heterocycles. The highest BCUT2D eigenvalue weighted by Crippen LogP contribution is 2.30. The minimum atomic E-state index is 0. The van der Waals surface area contributed by atoms with Crippen LogP contribution in [0.1, 0.15) is 40.2 Å². The van der Waals surface area contributed by atoms with Gasteiger partial charge in [-0.05, 0) is 64.3 Å². The second-order valence-electron chi connectivity index (χ2n) is 9.04. The van der Waals surface area contributed by atoms with E-state index in [1.807, 2.05) is 29.2 Å². The average molecular weight is 483 g/mol. The molecule has 35 heavy (non-hydrogen) atoms. The van der Waals surface area contributed by atoms with Gasteiger partial charge in [-0.2, -0.15) is 0 Å². The number of benzene rings is 4. The molecule has 1 heterocycles. The van der Waals surface area contributed by atoms with Gasteiger partial charge in [0, 0.05) is 25.2 Å². The Morgan fingerprint density at radius 2 is 1.31 bits per heavy atom. The highest BCUT2D eigenvalue weighted by molar-refractivity contribution is 5.95. The fourth-order valence-corrected chi connectivity index (χ4v) is 4.89. The molecule has 4 heteroatoms. The van der Waals surface area contributed by atoms with Crippen molar-refractivity contribution in [1.82, 2.24) is 4.90 Å². The van der Waals surface area contributed by atoms with Gasteiger partial charge in [-0.1, -0.05) is 91.0 Å². The Bertz CT molecular complexity index is 1260. The van der Waals surface area contributed by atoms with Crippen LogP contribution in [0.3, 0.4) is 0 Å². The summed E-state index contributed by atoms with van der Waals surface area (Å²) in [6.07, 6.45) is 1.97. The third-order valence-corrected chi connectivity index (χ3v) is 6.88. The predicted octanol–water partition coefficient (Wildman–Crippen LogP) is 6.92. The van der Waals surface area contributed by atoms with Crippen molar-refractivity contribution in [3.05, 3.63) is 120 Å². The van der Waals surface area contributed by atoms with E-state index in [4.69, 9.17) is 5.73 Å². The van der Waals surface area contributed by atoms with E-state index in [-0.39, 0.29) is 18.3 Å². The van der Waals surface area contributed by atoms with Crippen molar-refractivity contribution in [1.29, 1.82) is 0 Å². The Morgan fingerprint density at radius 1 is 0.714 bits per heavy atom. The minimum Gasteiger partial charge on any atom is -0.339 e. The van der Waals surface area contributed by atoms with Crippen LogP contribution < -0.4 is 5.73 Å². The lowest BCUT2D eigenvalue weighted by Crippen LogP contribution is -2.37. The van der Waals surface area contributed by atoms with Crippen molar-refractivity contribution in [3.8, 4) is 22.3 Å². The fraction of sp³-hybridized carbons (Fsp3) is 0.194. The molecule has 5 rings (SSSR count). The molecule has 0 unspecified atom stereocenters. The number of carbonyl (C=O) groups excluding carboxylic acids is 1.